The minimum absolute atomic E-state index is 2.94. The minimum Gasteiger partial charge on any atom is -0.423 e. The van der Waals surface area contributed by atoms with Crippen LogP contribution in [0.3, 0.4) is 0 Å². The van der Waals surface area contributed by atoms with Gasteiger partial charge in [0.2, 0.25) is 5.91 Å². The lowest BCUT2D eigenvalue weighted by atomic mass is 10.7. The van der Waals surface area contributed by atoms with Crippen LogP contribution in [0.25, 0.3) is 0 Å². The van der Waals surface area contributed by atoms with Crippen LogP contribution < -0.4 is 0 Å². The van der Waals surface area contributed by atoms with Crippen LogP contribution in [0, 0.1) is 0 Å². The van der Waals surface area contributed by atoms with Gasteiger partial charge in [0.1, 0.15) is 0 Å². The Hall–Kier alpha value is -1.61. The number of halogens is 11. The molecule has 0 aromatic carbocycles. The molecule has 0 spiro atoms. The zero-order valence-electron chi connectivity index (χ0n) is 9.87. The smallest absolute Gasteiger partial charge is 0.423 e. The van der Waals surface area contributed by atoms with Crippen LogP contribution in [0.1, 0.15) is 0 Å². The monoisotopic (exact) mass is 386 g/mol. The van der Waals surface area contributed by atoms with Gasteiger partial charge in [0.15, 0.2) is 0 Å². The highest BCUT2D eigenvalue weighted by Gasteiger charge is 2.61. The van der Waals surface area contributed by atoms with Gasteiger partial charge in [-0.1, -0.05) is 0 Å². The Balaban J connectivity index is 5.32. The normalized spacial score (nSPS) is 13.9. The molecule has 0 aliphatic heterocycles. The second-order valence-electron chi connectivity index (χ2n) is 3.35. The van der Waals surface area contributed by atoms with Gasteiger partial charge in [-0.15, -0.1) is 0 Å². The predicted molar refractivity (Wildman–Crippen MR) is 44.8 cm³/mol. The second-order valence-corrected chi connectivity index (χ2v) is 4.74. The highest BCUT2D eigenvalue weighted by Crippen LogP contribution is 2.35. The molecule has 4 nitrogen and oxygen atoms in total. The van der Waals surface area contributed by atoms with Crippen molar-refractivity contribution in [1.29, 1.82) is 0 Å². The molecular weight excluding hydrogens is 385 g/mol. The Kier molecular flexibility index (Phi) is 6.03. The third-order valence-corrected chi connectivity index (χ3v) is 2.66. The summed E-state index contributed by atoms with van der Waals surface area (Å²) in [5.41, 5.74) is -5.88. The third kappa shape index (κ3) is 6.57. The number of carbonyl (C=O) groups excluding carboxylic acids is 2. The Morgan fingerprint density at radius 2 is 1.00 bits per heavy atom. The Bertz CT molecular complexity index is 423. The van der Waals surface area contributed by atoms with Crippen molar-refractivity contribution in [2.24, 2.45) is 0 Å². The van der Waals surface area contributed by atoms with E-state index in [1.54, 1.807) is 0 Å². The largest absolute Gasteiger partial charge is 0.491 e. The zero-order chi connectivity index (χ0) is 18.9. The molecule has 134 valence electrons. The zero-order valence-corrected chi connectivity index (χ0v) is 10.9. The van der Waals surface area contributed by atoms with Crippen LogP contribution >= 0.6 is 0 Å². The molecule has 0 aromatic heterocycles. The van der Waals surface area contributed by atoms with E-state index in [4.69, 9.17) is 0 Å². The fourth-order valence-electron chi connectivity index (χ4n) is 0.641. The molecule has 0 aromatic rings. The average molecular weight is 386 g/mol. The van der Waals surface area contributed by atoms with Crippen LogP contribution in [0.5, 0.6) is 0 Å². The Labute approximate surface area is 120 Å². The van der Waals surface area contributed by atoms with Gasteiger partial charge in [-0.25, -0.2) is 18.4 Å². The predicted octanol–water partition coefficient (Wildman–Crippen LogP) is 2.34. The van der Waals surface area contributed by atoms with Crippen LogP contribution in [0.2, 0.25) is 0 Å². The van der Waals surface area contributed by atoms with Crippen molar-refractivity contribution in [2.75, 3.05) is 0 Å². The highest BCUT2D eigenvalue weighted by molar-refractivity contribution is 6.40. The fourth-order valence-corrected chi connectivity index (χ4v) is 1.43. The summed E-state index contributed by atoms with van der Waals surface area (Å²) in [5.74, 6) is -10.6. The van der Waals surface area contributed by atoms with Crippen molar-refractivity contribution >= 4 is 21.5 Å². The molecule has 0 rings (SSSR count). The average Bonchev–Trinajstić information content (AvgIpc) is 2.23. The van der Waals surface area contributed by atoms with Gasteiger partial charge in [0, 0.05) is 0 Å². The number of hydrogen-bond donors (Lipinski definition) is 0. The molecule has 0 bridgehead atoms. The van der Waals surface area contributed by atoms with E-state index in [1.165, 1.54) is 0 Å². The summed E-state index contributed by atoms with van der Waals surface area (Å²) in [4.78, 5) is 20.6. The number of hydrogen-bond acceptors (Lipinski definition) is 4. The first-order valence-corrected chi connectivity index (χ1v) is 5.73. The first-order valence-electron chi connectivity index (χ1n) is 4.66. The van der Waals surface area contributed by atoms with Crippen LogP contribution in [-0.4, -0.2) is 51.4 Å². The van der Waals surface area contributed by atoms with Gasteiger partial charge in [0.05, 0.1) is 0 Å². The van der Waals surface area contributed by atoms with Crippen molar-refractivity contribution in [3.63, 3.8) is 0 Å². The van der Waals surface area contributed by atoms with Crippen molar-refractivity contribution < 1.29 is 67.4 Å². The molecule has 0 unspecified atom stereocenters. The molecule has 23 heavy (non-hydrogen) atoms. The maximum Gasteiger partial charge on any atom is 0.491 e. The van der Waals surface area contributed by atoms with E-state index in [2.05, 4.69) is 9.47 Å². The minimum atomic E-state index is -6.40. The number of rotatable bonds is 4. The lowest BCUT2D eigenvalue weighted by molar-refractivity contribution is -0.252. The Morgan fingerprint density at radius 1 is 0.696 bits per heavy atom. The number of ether oxygens (including phenoxy) is 2. The lowest BCUT2D eigenvalue weighted by Crippen LogP contribution is -2.51. The first-order chi connectivity index (χ1) is 9.88. The summed E-state index contributed by atoms with van der Waals surface area (Å²) in [5, 5.41) is 0. The molecule has 0 saturated carbocycles. The van der Waals surface area contributed by atoms with E-state index >= 15 is 0 Å². The topological polar surface area (TPSA) is 52.6 Å². The van der Waals surface area contributed by atoms with E-state index in [1.807, 2.05) is 0 Å². The molecule has 0 heterocycles. The van der Waals surface area contributed by atoms with Crippen molar-refractivity contribution in [2.45, 2.75) is 30.0 Å². The number of alkyl halides is 11. The molecule has 0 N–H and O–H groups in total. The lowest BCUT2D eigenvalue weighted by Gasteiger charge is -2.24. The van der Waals surface area contributed by atoms with Crippen LogP contribution in [0.15, 0.2) is 0 Å². The standard InChI is InChI=1S/C7HF11O4Si/c8-4(9,10)1(19)21-3(22-2(20)5(11,12)13)23-7(17,18)6(14,15)16/h3H. The summed E-state index contributed by atoms with van der Waals surface area (Å²) >= 11 is 0. The molecular formula is C7HF11O4Si. The van der Waals surface area contributed by atoms with E-state index in [0.717, 1.165) is 0 Å². The van der Waals surface area contributed by atoms with Crippen molar-refractivity contribution in [3.05, 3.63) is 0 Å². The van der Waals surface area contributed by atoms with Gasteiger partial charge in [-0.3, -0.25) is 0 Å². The molecule has 0 amide bonds. The van der Waals surface area contributed by atoms with E-state index < -0.39 is 51.4 Å². The molecule has 0 fully saturated rings. The van der Waals surface area contributed by atoms with Gasteiger partial charge >= 0.3 is 36.0 Å². The van der Waals surface area contributed by atoms with E-state index in [-0.39, 0.29) is 0 Å². The van der Waals surface area contributed by atoms with Gasteiger partial charge in [0.25, 0.3) is 9.52 Å². The maximum absolute atomic E-state index is 12.6. The molecule has 2 radical (unpaired) electrons. The quantitative estimate of drug-likeness (QED) is 0.322. The van der Waals surface area contributed by atoms with Crippen molar-refractivity contribution in [3.8, 4) is 0 Å². The molecule has 0 saturated heterocycles. The number of esters is 2. The maximum atomic E-state index is 12.6. The van der Waals surface area contributed by atoms with Crippen molar-refractivity contribution in [1.82, 2.24) is 0 Å². The second kappa shape index (κ2) is 6.48. The summed E-state index contributed by atoms with van der Waals surface area (Å²) in [6, 6.07) is 0. The van der Waals surface area contributed by atoms with Gasteiger partial charge < -0.3 is 9.47 Å². The summed E-state index contributed by atoms with van der Waals surface area (Å²) in [7, 11) is -3.30. The summed E-state index contributed by atoms with van der Waals surface area (Å²) < 4.78 is 138. The van der Waals surface area contributed by atoms with Gasteiger partial charge in [-0.05, 0) is 0 Å². The summed E-state index contributed by atoms with van der Waals surface area (Å²) in [6.45, 7) is 0. The first kappa shape index (κ1) is 21.4. The van der Waals surface area contributed by atoms with Crippen LogP contribution in [0.4, 0.5) is 48.3 Å². The Morgan fingerprint density at radius 3 is 1.22 bits per heavy atom. The van der Waals surface area contributed by atoms with E-state index in [0.29, 0.717) is 0 Å². The highest BCUT2D eigenvalue weighted by atomic mass is 28.2. The third-order valence-electron chi connectivity index (χ3n) is 1.55. The SMILES string of the molecule is O=C(OC(OC(=O)C(F)(F)F)[Si]C(F)(F)C(F)(F)F)C(F)(F)F. The number of carbonyl (C=O) groups is 2. The molecule has 0 aliphatic carbocycles. The summed E-state index contributed by atoms with van der Waals surface area (Å²) in [6.07, 6.45) is -18.3. The van der Waals surface area contributed by atoms with Crippen LogP contribution in [-0.2, 0) is 19.1 Å². The molecule has 0 aliphatic rings. The van der Waals surface area contributed by atoms with Gasteiger partial charge in [-0.2, -0.15) is 39.5 Å². The molecule has 0 atom stereocenters. The molecule has 16 heteroatoms. The van der Waals surface area contributed by atoms with E-state index in [9.17, 15) is 57.9 Å². The fraction of sp³-hybridized carbons (Fsp3) is 0.714.